The van der Waals surface area contributed by atoms with Gasteiger partial charge in [-0.2, -0.15) is 0 Å². The van der Waals surface area contributed by atoms with Crippen molar-refractivity contribution in [3.8, 4) is 0 Å². The van der Waals surface area contributed by atoms with Gasteiger partial charge in [-0.05, 0) is 49.4 Å². The molecule has 2 nitrogen and oxygen atoms in total. The van der Waals surface area contributed by atoms with Crippen LogP contribution in [0.3, 0.4) is 0 Å². The van der Waals surface area contributed by atoms with Crippen LogP contribution >= 0.6 is 0 Å². The van der Waals surface area contributed by atoms with Crippen molar-refractivity contribution in [3.05, 3.63) is 35.4 Å². The first kappa shape index (κ1) is 13.6. The largest absolute Gasteiger partial charge is 0.387 e. The maximum atomic E-state index is 10.2. The van der Waals surface area contributed by atoms with Gasteiger partial charge < -0.3 is 10.0 Å². The Bertz CT molecular complexity index is 352. The topological polar surface area (TPSA) is 23.5 Å². The zero-order valence-corrected chi connectivity index (χ0v) is 11.6. The van der Waals surface area contributed by atoms with Gasteiger partial charge in [0.05, 0.1) is 6.10 Å². The number of rotatable bonds is 5. The Labute approximate surface area is 111 Å². The number of hydrogen-bond donors (Lipinski definition) is 1. The Morgan fingerprint density at radius 1 is 1.11 bits per heavy atom. The lowest BCUT2D eigenvalue weighted by atomic mass is 10.00. The van der Waals surface area contributed by atoms with Gasteiger partial charge in [0, 0.05) is 6.54 Å². The second kappa shape index (κ2) is 6.35. The van der Waals surface area contributed by atoms with Crippen LogP contribution in [0.2, 0.25) is 0 Å². The summed E-state index contributed by atoms with van der Waals surface area (Å²) in [7, 11) is 0. The molecule has 0 saturated carbocycles. The van der Waals surface area contributed by atoms with E-state index in [2.05, 4.69) is 43.0 Å². The molecule has 0 spiro atoms. The molecule has 0 aromatic heterocycles. The third-order valence-electron chi connectivity index (χ3n) is 3.64. The first-order chi connectivity index (χ1) is 8.65. The van der Waals surface area contributed by atoms with Gasteiger partial charge in [-0.1, -0.05) is 38.1 Å². The molecule has 1 aliphatic rings. The van der Waals surface area contributed by atoms with E-state index in [0.29, 0.717) is 5.92 Å². The quantitative estimate of drug-likeness (QED) is 0.864. The van der Waals surface area contributed by atoms with Crippen molar-refractivity contribution in [2.75, 3.05) is 19.6 Å². The van der Waals surface area contributed by atoms with E-state index < -0.39 is 0 Å². The van der Waals surface area contributed by atoms with Gasteiger partial charge in [0.25, 0.3) is 0 Å². The van der Waals surface area contributed by atoms with Gasteiger partial charge in [0.15, 0.2) is 0 Å². The molecule has 1 unspecified atom stereocenters. The van der Waals surface area contributed by atoms with E-state index in [0.717, 1.165) is 31.6 Å². The predicted molar refractivity (Wildman–Crippen MR) is 75.6 cm³/mol. The molecule has 1 aliphatic heterocycles. The molecule has 1 heterocycles. The Hall–Kier alpha value is -0.860. The summed E-state index contributed by atoms with van der Waals surface area (Å²) >= 11 is 0. The van der Waals surface area contributed by atoms with E-state index >= 15 is 0 Å². The SMILES string of the molecule is CC(C)Cc1ccc(C(O)CN2CCCC2)cc1. The number of nitrogens with zero attached hydrogens (tertiary/aromatic N) is 1. The average Bonchev–Trinajstić information content (AvgIpc) is 2.82. The summed E-state index contributed by atoms with van der Waals surface area (Å²) in [6.45, 7) is 7.53. The van der Waals surface area contributed by atoms with Crippen LogP contribution in [0.1, 0.15) is 43.9 Å². The minimum absolute atomic E-state index is 0.337. The van der Waals surface area contributed by atoms with Crippen molar-refractivity contribution < 1.29 is 5.11 Å². The fourth-order valence-electron chi connectivity index (χ4n) is 2.66. The third-order valence-corrected chi connectivity index (χ3v) is 3.64. The lowest BCUT2D eigenvalue weighted by molar-refractivity contribution is 0.126. The molecule has 0 radical (unpaired) electrons. The van der Waals surface area contributed by atoms with Crippen LogP contribution < -0.4 is 0 Å². The molecule has 1 fully saturated rings. The summed E-state index contributed by atoms with van der Waals surface area (Å²) in [5, 5.41) is 10.2. The molecule has 1 N–H and O–H groups in total. The van der Waals surface area contributed by atoms with Crippen molar-refractivity contribution in [1.29, 1.82) is 0 Å². The highest BCUT2D eigenvalue weighted by atomic mass is 16.3. The summed E-state index contributed by atoms with van der Waals surface area (Å²) in [5.41, 5.74) is 2.41. The fourth-order valence-corrected chi connectivity index (χ4v) is 2.66. The van der Waals surface area contributed by atoms with Crippen molar-refractivity contribution in [2.45, 2.75) is 39.2 Å². The van der Waals surface area contributed by atoms with Crippen LogP contribution in [0.4, 0.5) is 0 Å². The monoisotopic (exact) mass is 247 g/mol. The van der Waals surface area contributed by atoms with Crippen LogP contribution in [0, 0.1) is 5.92 Å². The number of β-amino-alcohol motifs (C(OH)–C–C–N with tert-alkyl or cyclic N) is 1. The molecule has 0 bridgehead atoms. The standard InChI is InChI=1S/C16H25NO/c1-13(2)11-14-5-7-15(8-6-14)16(18)12-17-9-3-4-10-17/h5-8,13,16,18H,3-4,9-12H2,1-2H3. The minimum Gasteiger partial charge on any atom is -0.387 e. The van der Waals surface area contributed by atoms with Crippen molar-refractivity contribution in [1.82, 2.24) is 4.90 Å². The lowest BCUT2D eigenvalue weighted by Gasteiger charge is -2.19. The fraction of sp³-hybridized carbons (Fsp3) is 0.625. The Kier molecular flexibility index (Phi) is 4.79. The molecule has 100 valence electrons. The number of likely N-dealkylation sites (tertiary alicyclic amines) is 1. The van der Waals surface area contributed by atoms with E-state index in [-0.39, 0.29) is 6.10 Å². The van der Waals surface area contributed by atoms with E-state index in [1.54, 1.807) is 0 Å². The van der Waals surface area contributed by atoms with Crippen LogP contribution in [-0.4, -0.2) is 29.6 Å². The average molecular weight is 247 g/mol. The smallest absolute Gasteiger partial charge is 0.0916 e. The highest BCUT2D eigenvalue weighted by molar-refractivity contribution is 5.24. The predicted octanol–water partition coefficient (Wildman–Crippen LogP) is 3.01. The first-order valence-electron chi connectivity index (χ1n) is 7.14. The number of benzene rings is 1. The summed E-state index contributed by atoms with van der Waals surface area (Å²) in [6, 6.07) is 8.47. The van der Waals surface area contributed by atoms with Gasteiger partial charge in [0.2, 0.25) is 0 Å². The van der Waals surface area contributed by atoms with Crippen molar-refractivity contribution in [3.63, 3.8) is 0 Å². The Morgan fingerprint density at radius 2 is 1.72 bits per heavy atom. The molecule has 0 amide bonds. The van der Waals surface area contributed by atoms with Gasteiger partial charge in [-0.15, -0.1) is 0 Å². The van der Waals surface area contributed by atoms with Crippen LogP contribution in [-0.2, 0) is 6.42 Å². The number of aliphatic hydroxyl groups excluding tert-OH is 1. The van der Waals surface area contributed by atoms with Crippen molar-refractivity contribution in [2.24, 2.45) is 5.92 Å². The van der Waals surface area contributed by atoms with E-state index in [1.807, 2.05) is 0 Å². The molecule has 1 aromatic rings. The Morgan fingerprint density at radius 3 is 2.28 bits per heavy atom. The van der Waals surface area contributed by atoms with Gasteiger partial charge >= 0.3 is 0 Å². The summed E-state index contributed by atoms with van der Waals surface area (Å²) in [5.74, 6) is 0.686. The lowest BCUT2D eigenvalue weighted by Crippen LogP contribution is -2.25. The molecular formula is C16H25NO. The number of hydrogen-bond acceptors (Lipinski definition) is 2. The zero-order chi connectivity index (χ0) is 13.0. The van der Waals surface area contributed by atoms with Gasteiger partial charge in [-0.25, -0.2) is 0 Å². The van der Waals surface area contributed by atoms with Crippen LogP contribution in [0.15, 0.2) is 24.3 Å². The Balaban J connectivity index is 1.91. The highest BCUT2D eigenvalue weighted by Crippen LogP contribution is 2.19. The molecule has 18 heavy (non-hydrogen) atoms. The van der Waals surface area contributed by atoms with Gasteiger partial charge in [-0.3, -0.25) is 0 Å². The maximum Gasteiger partial charge on any atom is 0.0916 e. The first-order valence-corrected chi connectivity index (χ1v) is 7.14. The zero-order valence-electron chi connectivity index (χ0n) is 11.6. The molecule has 0 aliphatic carbocycles. The maximum absolute atomic E-state index is 10.2. The molecule has 2 heteroatoms. The second-order valence-electron chi connectivity index (χ2n) is 5.86. The molecule has 1 atom stereocenters. The highest BCUT2D eigenvalue weighted by Gasteiger charge is 2.16. The van der Waals surface area contributed by atoms with Gasteiger partial charge in [0.1, 0.15) is 0 Å². The summed E-state index contributed by atoms with van der Waals surface area (Å²) < 4.78 is 0. The van der Waals surface area contributed by atoms with E-state index in [4.69, 9.17) is 0 Å². The summed E-state index contributed by atoms with van der Waals surface area (Å²) in [4.78, 5) is 2.35. The van der Waals surface area contributed by atoms with Crippen LogP contribution in [0.25, 0.3) is 0 Å². The second-order valence-corrected chi connectivity index (χ2v) is 5.86. The normalized spacial score (nSPS) is 18.4. The summed E-state index contributed by atoms with van der Waals surface area (Å²) in [6.07, 6.45) is 3.33. The third kappa shape index (κ3) is 3.82. The minimum atomic E-state index is -0.337. The molecule has 1 aromatic carbocycles. The van der Waals surface area contributed by atoms with Crippen molar-refractivity contribution >= 4 is 0 Å². The van der Waals surface area contributed by atoms with E-state index in [1.165, 1.54) is 18.4 Å². The number of aliphatic hydroxyl groups is 1. The molecule has 1 saturated heterocycles. The van der Waals surface area contributed by atoms with E-state index in [9.17, 15) is 5.11 Å². The molecular weight excluding hydrogens is 222 g/mol. The molecule has 2 rings (SSSR count). The van der Waals surface area contributed by atoms with Crippen LogP contribution in [0.5, 0.6) is 0 Å².